The molecule has 7 nitrogen and oxygen atoms in total. The van der Waals surface area contributed by atoms with Crippen LogP contribution < -0.4 is 10.4 Å². The summed E-state index contributed by atoms with van der Waals surface area (Å²) in [6, 6.07) is 0.572. The Hall–Kier alpha value is -2.96. The van der Waals surface area contributed by atoms with Gasteiger partial charge in [0.1, 0.15) is 29.6 Å². The Morgan fingerprint density at radius 2 is 2.09 bits per heavy atom. The number of aliphatic carboxylic acids is 2. The molecule has 2 aromatic rings. The fourth-order valence-electron chi connectivity index (χ4n) is 4.21. The molecule has 13 heteroatoms. The number of carbonyl (C=O) groups is 2. The Morgan fingerprint density at radius 1 is 1.37 bits per heavy atom. The first-order valence-corrected chi connectivity index (χ1v) is 11.5. The van der Waals surface area contributed by atoms with Gasteiger partial charge >= 0.3 is 5.97 Å². The minimum Gasteiger partial charge on any atom is -0.545 e. The number of alkyl halides is 2. The van der Waals surface area contributed by atoms with Crippen LogP contribution in [0.1, 0.15) is 28.5 Å². The molecule has 1 aromatic heterocycles. The summed E-state index contributed by atoms with van der Waals surface area (Å²) in [5.41, 5.74) is -0.229. The number of rotatable bonds is 6. The molecule has 0 amide bonds. The van der Waals surface area contributed by atoms with Crippen molar-refractivity contribution < 1.29 is 37.4 Å². The fraction of sp³-hybridized carbons (Fsp3) is 0.318. The summed E-state index contributed by atoms with van der Waals surface area (Å²) >= 11 is 6.98. The van der Waals surface area contributed by atoms with Gasteiger partial charge in [-0.15, -0.1) is 11.3 Å². The van der Waals surface area contributed by atoms with E-state index in [4.69, 9.17) is 11.6 Å². The zero-order chi connectivity index (χ0) is 25.7. The molecule has 2 atom stereocenters. The van der Waals surface area contributed by atoms with Crippen molar-refractivity contribution >= 4 is 40.7 Å². The van der Waals surface area contributed by atoms with E-state index in [-0.39, 0.29) is 32.6 Å². The number of likely N-dealkylation sites (tertiary alicyclic amines) is 1. The van der Waals surface area contributed by atoms with E-state index in [0.29, 0.717) is 0 Å². The molecule has 0 saturated carbocycles. The molecule has 0 radical (unpaired) electrons. The quantitative estimate of drug-likeness (QED) is 0.557. The van der Waals surface area contributed by atoms with Crippen LogP contribution in [0.15, 0.2) is 39.8 Å². The second-order valence-corrected chi connectivity index (χ2v) is 9.50. The van der Waals surface area contributed by atoms with Crippen LogP contribution in [0, 0.1) is 18.6 Å². The molecule has 3 heterocycles. The first-order chi connectivity index (χ1) is 16.4. The van der Waals surface area contributed by atoms with Gasteiger partial charge in [-0.05, 0) is 30.2 Å². The number of carbonyl (C=O) groups excluding carboxylic acids is 1. The second-order valence-electron chi connectivity index (χ2n) is 8.21. The number of carboxylic acids is 2. The van der Waals surface area contributed by atoms with Gasteiger partial charge in [0, 0.05) is 29.6 Å². The third-order valence-electron chi connectivity index (χ3n) is 5.84. The lowest BCUT2D eigenvalue weighted by molar-refractivity contribution is -0.299. The number of halogens is 5. The topological polar surface area (TPSA) is 105 Å². The highest BCUT2D eigenvalue weighted by atomic mass is 35.5. The van der Waals surface area contributed by atoms with Crippen LogP contribution in [0.2, 0.25) is 5.02 Å². The van der Waals surface area contributed by atoms with Crippen molar-refractivity contribution in [2.45, 2.75) is 31.4 Å². The first-order valence-electron chi connectivity index (χ1n) is 10.2. The summed E-state index contributed by atoms with van der Waals surface area (Å²) in [7, 11) is 0. The molecule has 0 spiro atoms. The van der Waals surface area contributed by atoms with Gasteiger partial charge in [-0.1, -0.05) is 17.7 Å². The van der Waals surface area contributed by atoms with E-state index in [1.807, 2.05) is 0 Å². The number of nitrogens with zero attached hydrogens (tertiary/aromatic N) is 2. The predicted molar refractivity (Wildman–Crippen MR) is 117 cm³/mol. The first kappa shape index (κ1) is 25.1. The number of hydrogen-bond donors (Lipinski definition) is 2. The minimum atomic E-state index is -3.30. The largest absolute Gasteiger partial charge is 0.545 e. The maximum absolute atomic E-state index is 14.1. The third kappa shape index (κ3) is 4.91. The van der Waals surface area contributed by atoms with E-state index in [1.165, 1.54) is 18.4 Å². The van der Waals surface area contributed by atoms with E-state index in [1.54, 1.807) is 0 Å². The lowest BCUT2D eigenvalue weighted by atomic mass is 9.92. The Kier molecular flexibility index (Phi) is 6.64. The average molecular weight is 531 g/mol. The van der Waals surface area contributed by atoms with Crippen LogP contribution in [-0.2, 0) is 9.59 Å². The molecule has 2 aliphatic rings. The molecule has 1 saturated heterocycles. The van der Waals surface area contributed by atoms with Gasteiger partial charge < -0.3 is 20.3 Å². The van der Waals surface area contributed by atoms with E-state index in [2.05, 4.69) is 10.3 Å². The summed E-state index contributed by atoms with van der Waals surface area (Å²) in [5.74, 6) is -7.77. The van der Waals surface area contributed by atoms with Crippen molar-refractivity contribution in [3.8, 4) is 0 Å². The molecule has 2 aliphatic heterocycles. The monoisotopic (exact) mass is 530 g/mol. The number of benzene rings is 1. The average Bonchev–Trinajstić information content (AvgIpc) is 3.33. The number of aliphatic imine (C=N–C) groups is 1. The van der Waals surface area contributed by atoms with E-state index >= 15 is 0 Å². The molecule has 35 heavy (non-hydrogen) atoms. The Balaban J connectivity index is 1.85. The number of thiophene rings is 1. The van der Waals surface area contributed by atoms with Crippen LogP contribution in [0.3, 0.4) is 0 Å². The predicted octanol–water partition coefficient (Wildman–Crippen LogP) is 2.88. The lowest BCUT2D eigenvalue weighted by Crippen LogP contribution is -2.44. The van der Waals surface area contributed by atoms with Crippen LogP contribution in [0.4, 0.5) is 17.6 Å². The molecule has 2 N–H and O–H groups in total. The number of hydrogen-bond acceptors (Lipinski definition) is 7. The van der Waals surface area contributed by atoms with Crippen molar-refractivity contribution in [3.63, 3.8) is 0 Å². The molecular weight excluding hydrogens is 514 g/mol. The molecule has 4 rings (SSSR count). The lowest BCUT2D eigenvalue weighted by Gasteiger charge is -2.32. The van der Waals surface area contributed by atoms with Gasteiger partial charge in [0.05, 0.1) is 22.4 Å². The molecule has 0 bridgehead atoms. The number of nitrogens with one attached hydrogen (secondary N) is 1. The standard InChI is InChI=1S/C22H18ClF4N3O4S/c1-9-11(2-3-12(25)17(9)23)18-16(21(33)34)13(28-19(29-18)15-4-10(24)7-35-15)6-30-8-22(26,27)5-14(30)20(31)32/h2-4,7,14,18H,5-6,8H2,1H3,(H,28,29)(H,31,32)(H,33,34)/p-1/t14-,18+/m0/s1. The minimum absolute atomic E-state index is 0.0292. The van der Waals surface area contributed by atoms with Gasteiger partial charge in [0.2, 0.25) is 0 Å². The summed E-state index contributed by atoms with van der Waals surface area (Å²) in [6.07, 6.45) is -0.941. The zero-order valence-corrected chi connectivity index (χ0v) is 19.5. The van der Waals surface area contributed by atoms with Crippen molar-refractivity contribution in [1.82, 2.24) is 10.2 Å². The van der Waals surface area contributed by atoms with Crippen LogP contribution >= 0.6 is 22.9 Å². The molecule has 1 fully saturated rings. The van der Waals surface area contributed by atoms with Gasteiger partial charge in [-0.3, -0.25) is 14.7 Å². The van der Waals surface area contributed by atoms with E-state index in [0.717, 1.165) is 28.4 Å². The van der Waals surface area contributed by atoms with Crippen molar-refractivity contribution in [3.05, 3.63) is 67.5 Å². The molecule has 1 aromatic carbocycles. The molecular formula is C22H17ClF4N3O4S-. The summed E-state index contributed by atoms with van der Waals surface area (Å²) in [4.78, 5) is 29.4. The van der Waals surface area contributed by atoms with Gasteiger partial charge in [0.25, 0.3) is 5.92 Å². The van der Waals surface area contributed by atoms with Crippen LogP contribution in [0.25, 0.3) is 0 Å². The van der Waals surface area contributed by atoms with Crippen molar-refractivity contribution in [1.29, 1.82) is 0 Å². The van der Waals surface area contributed by atoms with Crippen molar-refractivity contribution in [2.75, 3.05) is 13.1 Å². The highest BCUT2D eigenvalue weighted by Gasteiger charge is 2.48. The van der Waals surface area contributed by atoms with Gasteiger partial charge in [-0.25, -0.2) is 17.6 Å². The maximum Gasteiger partial charge on any atom is 0.321 e. The number of amidine groups is 1. The Bertz CT molecular complexity index is 1280. The van der Waals surface area contributed by atoms with Gasteiger partial charge in [0.15, 0.2) is 0 Å². The van der Waals surface area contributed by atoms with Crippen LogP contribution in [0.5, 0.6) is 0 Å². The second kappa shape index (κ2) is 9.25. The summed E-state index contributed by atoms with van der Waals surface area (Å²) < 4.78 is 55.8. The maximum atomic E-state index is 14.1. The highest BCUT2D eigenvalue weighted by Crippen LogP contribution is 2.38. The van der Waals surface area contributed by atoms with E-state index < -0.39 is 66.7 Å². The third-order valence-corrected chi connectivity index (χ3v) is 7.21. The Morgan fingerprint density at radius 3 is 2.69 bits per heavy atom. The van der Waals surface area contributed by atoms with E-state index in [9.17, 15) is 37.4 Å². The fourth-order valence-corrected chi connectivity index (χ4v) is 5.08. The highest BCUT2D eigenvalue weighted by molar-refractivity contribution is 7.12. The van der Waals surface area contributed by atoms with Crippen molar-refractivity contribution in [2.24, 2.45) is 4.99 Å². The zero-order valence-electron chi connectivity index (χ0n) is 17.9. The SMILES string of the molecule is Cc1c([C@H]2N=C(c3cc(F)cs3)NC(CN3CC(F)(F)C[C@H]3C(=O)O)=C2C(=O)[O-])ccc(F)c1Cl. The Labute approximate surface area is 205 Å². The number of carboxylic acid groups (broad SMARTS) is 2. The summed E-state index contributed by atoms with van der Waals surface area (Å²) in [6.45, 7) is 0.0196. The molecule has 186 valence electrons. The smallest absolute Gasteiger partial charge is 0.321 e. The molecule has 0 unspecified atom stereocenters. The van der Waals surface area contributed by atoms with Crippen LogP contribution in [-0.4, -0.2) is 52.8 Å². The normalized spacial score (nSPS) is 22.2. The van der Waals surface area contributed by atoms with Gasteiger partial charge in [-0.2, -0.15) is 0 Å². The molecule has 0 aliphatic carbocycles. The summed E-state index contributed by atoms with van der Waals surface area (Å²) in [5, 5.41) is 25.3.